The zero-order chi connectivity index (χ0) is 50.6. The monoisotopic (exact) mass is 979 g/mol. The van der Waals surface area contributed by atoms with Crippen molar-refractivity contribution in [1.82, 2.24) is 0 Å². The van der Waals surface area contributed by atoms with E-state index in [1.165, 1.54) is 205 Å². The lowest BCUT2D eigenvalue weighted by Crippen LogP contribution is -2.30. The molecule has 0 saturated carbocycles. The second-order valence-electron chi connectivity index (χ2n) is 20.6. The predicted octanol–water partition coefficient (Wildman–Crippen LogP) is 21.2. The number of rotatable bonds is 57. The second-order valence-corrected chi connectivity index (χ2v) is 20.6. The Balaban J connectivity index is 4.26. The minimum absolute atomic E-state index is 0.0815. The SMILES string of the molecule is CC/C=C\C/C=C\C/C=C\CCCCCCCCCC(=O)OC(COCCCCCCCCCC/C=C\C/C=C\CCCCC)COC(=O)CCCCCCCCCCCCCCCCCCCCC. The molecule has 0 radical (unpaired) electrons. The van der Waals surface area contributed by atoms with Gasteiger partial charge in [0.1, 0.15) is 6.61 Å². The molecule has 0 aliphatic heterocycles. The molecule has 0 aromatic heterocycles. The van der Waals surface area contributed by atoms with Crippen molar-refractivity contribution in [2.75, 3.05) is 19.8 Å². The van der Waals surface area contributed by atoms with Gasteiger partial charge in [-0.1, -0.05) is 281 Å². The van der Waals surface area contributed by atoms with Crippen molar-refractivity contribution in [2.45, 2.75) is 322 Å². The van der Waals surface area contributed by atoms with Gasteiger partial charge in [0.05, 0.1) is 6.61 Å². The van der Waals surface area contributed by atoms with E-state index in [-0.39, 0.29) is 25.2 Å². The summed E-state index contributed by atoms with van der Waals surface area (Å²) in [5.41, 5.74) is 0. The van der Waals surface area contributed by atoms with Crippen LogP contribution in [-0.2, 0) is 23.8 Å². The molecule has 0 aliphatic carbocycles. The molecule has 0 spiro atoms. The summed E-state index contributed by atoms with van der Waals surface area (Å²) in [5, 5.41) is 0. The maximum absolute atomic E-state index is 12.9. The third-order valence-corrected chi connectivity index (χ3v) is 13.5. The van der Waals surface area contributed by atoms with Gasteiger partial charge in [0.15, 0.2) is 6.10 Å². The van der Waals surface area contributed by atoms with Gasteiger partial charge < -0.3 is 14.2 Å². The summed E-state index contributed by atoms with van der Waals surface area (Å²) < 4.78 is 17.5. The fraction of sp³-hybridized carbons (Fsp3) is 0.815. The van der Waals surface area contributed by atoms with Gasteiger partial charge in [-0.25, -0.2) is 0 Å². The van der Waals surface area contributed by atoms with Gasteiger partial charge in [-0.15, -0.1) is 0 Å². The molecule has 1 atom stereocenters. The van der Waals surface area contributed by atoms with Crippen LogP contribution in [0.5, 0.6) is 0 Å². The van der Waals surface area contributed by atoms with Crippen LogP contribution in [0.1, 0.15) is 316 Å². The number of carbonyl (C=O) groups is 2. The molecule has 0 saturated heterocycles. The molecule has 408 valence electrons. The number of carbonyl (C=O) groups excluding carboxylic acids is 2. The molecule has 0 amide bonds. The highest BCUT2D eigenvalue weighted by atomic mass is 16.6. The topological polar surface area (TPSA) is 61.8 Å². The standard InChI is InChI=1S/C65H118O5/c1-4-7-10-13-16-19-22-25-28-31-33-35-37-40-43-46-49-52-55-58-64(66)69-62-63(61-68-60-57-54-51-48-45-42-39-36-32-29-26-23-20-17-14-11-8-5-2)70-65(67)59-56-53-50-47-44-41-38-34-30-27-24-21-18-15-12-9-6-3/h9,12,17-18,20-21,26-27,29-30,63H,4-8,10-11,13-16,19,22-25,28,31-62H2,1-3H3/b12-9-,20-17-,21-18-,29-26-,30-27-. The van der Waals surface area contributed by atoms with E-state index in [1.54, 1.807) is 0 Å². The van der Waals surface area contributed by atoms with E-state index < -0.39 is 6.10 Å². The van der Waals surface area contributed by atoms with Gasteiger partial charge in [0, 0.05) is 19.4 Å². The molecule has 0 aliphatic rings. The highest BCUT2D eigenvalue weighted by Gasteiger charge is 2.17. The summed E-state index contributed by atoms with van der Waals surface area (Å²) in [5.74, 6) is -0.395. The van der Waals surface area contributed by atoms with Crippen molar-refractivity contribution in [3.05, 3.63) is 60.8 Å². The van der Waals surface area contributed by atoms with Crippen molar-refractivity contribution in [3.63, 3.8) is 0 Å². The summed E-state index contributed by atoms with van der Waals surface area (Å²) >= 11 is 0. The van der Waals surface area contributed by atoms with Gasteiger partial charge >= 0.3 is 11.9 Å². The molecule has 5 heteroatoms. The van der Waals surface area contributed by atoms with Crippen molar-refractivity contribution in [3.8, 4) is 0 Å². The third kappa shape index (κ3) is 58.2. The van der Waals surface area contributed by atoms with Gasteiger partial charge in [-0.3, -0.25) is 9.59 Å². The van der Waals surface area contributed by atoms with Gasteiger partial charge in [0.25, 0.3) is 0 Å². The quantitative estimate of drug-likeness (QED) is 0.0345. The fourth-order valence-corrected chi connectivity index (χ4v) is 8.97. The Morgan fingerprint density at radius 3 is 1.06 bits per heavy atom. The van der Waals surface area contributed by atoms with Crippen LogP contribution < -0.4 is 0 Å². The summed E-state index contributed by atoms with van der Waals surface area (Å²) in [6.45, 7) is 7.73. The number of unbranched alkanes of at least 4 members (excludes halogenated alkanes) is 36. The van der Waals surface area contributed by atoms with Crippen LogP contribution in [0, 0.1) is 0 Å². The molecule has 0 fully saturated rings. The minimum atomic E-state index is -0.545. The van der Waals surface area contributed by atoms with Gasteiger partial charge in [0.2, 0.25) is 0 Å². The number of hydrogen-bond donors (Lipinski definition) is 0. The molecule has 0 aromatic carbocycles. The molecule has 0 bridgehead atoms. The van der Waals surface area contributed by atoms with Crippen LogP contribution in [0.15, 0.2) is 60.8 Å². The van der Waals surface area contributed by atoms with Crippen LogP contribution in [0.2, 0.25) is 0 Å². The highest BCUT2D eigenvalue weighted by molar-refractivity contribution is 5.70. The molecule has 70 heavy (non-hydrogen) atoms. The molecular weight excluding hydrogens is 861 g/mol. The lowest BCUT2D eigenvalue weighted by atomic mass is 10.0. The lowest BCUT2D eigenvalue weighted by Gasteiger charge is -2.18. The van der Waals surface area contributed by atoms with E-state index in [0.29, 0.717) is 19.4 Å². The first-order chi connectivity index (χ1) is 34.6. The van der Waals surface area contributed by atoms with Crippen LogP contribution in [0.25, 0.3) is 0 Å². The van der Waals surface area contributed by atoms with E-state index >= 15 is 0 Å². The zero-order valence-electron chi connectivity index (χ0n) is 47.0. The molecular formula is C65H118O5. The second kappa shape index (κ2) is 60.9. The summed E-state index contributed by atoms with van der Waals surface area (Å²) in [4.78, 5) is 25.6. The summed E-state index contributed by atoms with van der Waals surface area (Å²) in [7, 11) is 0. The first kappa shape index (κ1) is 67.6. The van der Waals surface area contributed by atoms with Gasteiger partial charge in [-0.2, -0.15) is 0 Å². The zero-order valence-corrected chi connectivity index (χ0v) is 47.0. The maximum atomic E-state index is 12.9. The Kier molecular flexibility index (Phi) is 58.8. The number of ether oxygens (including phenoxy) is 3. The van der Waals surface area contributed by atoms with E-state index in [9.17, 15) is 9.59 Å². The predicted molar refractivity (Wildman–Crippen MR) is 307 cm³/mol. The normalized spacial score (nSPS) is 12.6. The molecule has 0 rings (SSSR count). The first-order valence-corrected chi connectivity index (χ1v) is 30.8. The van der Waals surface area contributed by atoms with Gasteiger partial charge in [-0.05, 0) is 83.5 Å². The van der Waals surface area contributed by atoms with Crippen molar-refractivity contribution >= 4 is 11.9 Å². The smallest absolute Gasteiger partial charge is 0.306 e. The molecule has 0 N–H and O–H groups in total. The van der Waals surface area contributed by atoms with E-state index in [2.05, 4.69) is 81.5 Å². The Labute approximate surface area is 436 Å². The highest BCUT2D eigenvalue weighted by Crippen LogP contribution is 2.17. The summed E-state index contributed by atoms with van der Waals surface area (Å²) in [6, 6.07) is 0. The van der Waals surface area contributed by atoms with Crippen molar-refractivity contribution < 1.29 is 23.8 Å². The van der Waals surface area contributed by atoms with Crippen molar-refractivity contribution in [1.29, 1.82) is 0 Å². The molecule has 0 heterocycles. The van der Waals surface area contributed by atoms with Crippen molar-refractivity contribution in [2.24, 2.45) is 0 Å². The molecule has 1 unspecified atom stereocenters. The Morgan fingerprint density at radius 1 is 0.329 bits per heavy atom. The van der Waals surface area contributed by atoms with E-state index in [0.717, 1.165) is 77.0 Å². The molecule has 5 nitrogen and oxygen atoms in total. The van der Waals surface area contributed by atoms with Crippen LogP contribution in [-0.4, -0.2) is 37.9 Å². The Hall–Kier alpha value is -2.40. The Morgan fingerprint density at radius 2 is 0.643 bits per heavy atom. The maximum Gasteiger partial charge on any atom is 0.306 e. The number of allylic oxidation sites excluding steroid dienone is 10. The van der Waals surface area contributed by atoms with Crippen LogP contribution in [0.4, 0.5) is 0 Å². The minimum Gasteiger partial charge on any atom is -0.462 e. The summed E-state index contributed by atoms with van der Waals surface area (Å²) in [6.07, 6.45) is 78.2. The van der Waals surface area contributed by atoms with E-state index in [1.807, 2.05) is 0 Å². The first-order valence-electron chi connectivity index (χ1n) is 30.8. The number of esters is 2. The average Bonchev–Trinajstić information content (AvgIpc) is 3.36. The lowest BCUT2D eigenvalue weighted by molar-refractivity contribution is -0.163. The average molecular weight is 980 g/mol. The molecule has 0 aromatic rings. The van der Waals surface area contributed by atoms with E-state index in [4.69, 9.17) is 14.2 Å². The Bertz CT molecular complexity index is 1200. The third-order valence-electron chi connectivity index (χ3n) is 13.5. The van der Waals surface area contributed by atoms with Crippen LogP contribution >= 0.6 is 0 Å². The number of hydrogen-bond acceptors (Lipinski definition) is 5. The van der Waals surface area contributed by atoms with Crippen LogP contribution in [0.3, 0.4) is 0 Å². The largest absolute Gasteiger partial charge is 0.462 e. The fourth-order valence-electron chi connectivity index (χ4n) is 8.97.